The van der Waals surface area contributed by atoms with E-state index >= 15 is 0 Å². The normalized spacial score (nSPS) is 10.8. The molecule has 2 aromatic carbocycles. The fraction of sp³-hybridized carbons (Fsp3) is 0.0667. The average Bonchev–Trinajstić information content (AvgIpc) is 2.83. The van der Waals surface area contributed by atoms with Gasteiger partial charge in [-0.3, -0.25) is 0 Å². The molecule has 1 aromatic heterocycles. The van der Waals surface area contributed by atoms with E-state index in [4.69, 9.17) is 4.74 Å². The van der Waals surface area contributed by atoms with Gasteiger partial charge in [0.2, 0.25) is 0 Å². The number of aromatic nitrogens is 1. The summed E-state index contributed by atoms with van der Waals surface area (Å²) in [5, 5.41) is 10.6. The zero-order valence-electron chi connectivity index (χ0n) is 10.1. The number of benzene rings is 2. The number of H-pyrrole nitrogens is 1. The Bertz CT molecular complexity index is 704. The number of ether oxygens (including phenoxy) is 1. The molecule has 0 bridgehead atoms. The van der Waals surface area contributed by atoms with Crippen LogP contribution in [0.5, 0.6) is 11.5 Å². The second kappa shape index (κ2) is 4.65. The predicted molar refractivity (Wildman–Crippen MR) is 70.7 cm³/mol. The summed E-state index contributed by atoms with van der Waals surface area (Å²) in [6.07, 6.45) is 1.80. The van der Waals surface area contributed by atoms with Crippen LogP contribution < -0.4 is 4.74 Å². The molecule has 0 amide bonds. The third-order valence-electron chi connectivity index (χ3n) is 2.99. The van der Waals surface area contributed by atoms with E-state index < -0.39 is 0 Å². The van der Waals surface area contributed by atoms with Gasteiger partial charge in [-0.05, 0) is 30.3 Å². The standard InChI is InChI=1S/C15H12FNO2/c16-11-4-6-12(7-5-11)19-9-10-8-17-15-13(10)2-1-3-14(15)18/h1-8,17-18H,9H2. The number of nitrogens with one attached hydrogen (secondary N) is 1. The molecular formula is C15H12FNO2. The van der Waals surface area contributed by atoms with Crippen molar-refractivity contribution in [1.82, 2.24) is 4.98 Å². The Morgan fingerprint density at radius 3 is 2.68 bits per heavy atom. The zero-order chi connectivity index (χ0) is 13.2. The van der Waals surface area contributed by atoms with E-state index in [-0.39, 0.29) is 11.6 Å². The van der Waals surface area contributed by atoms with Gasteiger partial charge in [-0.15, -0.1) is 0 Å². The molecule has 0 saturated carbocycles. The minimum atomic E-state index is -0.288. The molecule has 0 radical (unpaired) electrons. The van der Waals surface area contributed by atoms with Crippen LogP contribution in [0.4, 0.5) is 4.39 Å². The molecule has 0 atom stereocenters. The van der Waals surface area contributed by atoms with Gasteiger partial charge in [-0.2, -0.15) is 0 Å². The third-order valence-corrected chi connectivity index (χ3v) is 2.99. The molecule has 0 aliphatic carbocycles. The molecule has 4 heteroatoms. The fourth-order valence-electron chi connectivity index (χ4n) is 2.01. The molecule has 3 aromatic rings. The summed E-state index contributed by atoms with van der Waals surface area (Å²) in [7, 11) is 0. The summed E-state index contributed by atoms with van der Waals surface area (Å²) in [5.74, 6) is 0.533. The maximum Gasteiger partial charge on any atom is 0.139 e. The summed E-state index contributed by atoms with van der Waals surface area (Å²) >= 11 is 0. The lowest BCUT2D eigenvalue weighted by Gasteiger charge is -2.05. The van der Waals surface area contributed by atoms with E-state index in [0.29, 0.717) is 17.9 Å². The van der Waals surface area contributed by atoms with Crippen LogP contribution >= 0.6 is 0 Å². The molecule has 0 spiro atoms. The van der Waals surface area contributed by atoms with Crippen molar-refractivity contribution in [3.8, 4) is 11.5 Å². The van der Waals surface area contributed by atoms with Crippen molar-refractivity contribution in [2.75, 3.05) is 0 Å². The zero-order valence-corrected chi connectivity index (χ0v) is 10.1. The Morgan fingerprint density at radius 1 is 1.11 bits per heavy atom. The van der Waals surface area contributed by atoms with Crippen LogP contribution in [0.1, 0.15) is 5.56 Å². The van der Waals surface area contributed by atoms with Crippen LogP contribution in [0, 0.1) is 5.82 Å². The third kappa shape index (κ3) is 2.25. The predicted octanol–water partition coefficient (Wildman–Crippen LogP) is 3.59. The minimum Gasteiger partial charge on any atom is -0.506 e. The van der Waals surface area contributed by atoms with E-state index in [1.165, 1.54) is 12.1 Å². The van der Waals surface area contributed by atoms with Crippen LogP contribution in [0.25, 0.3) is 10.9 Å². The van der Waals surface area contributed by atoms with Gasteiger partial charge in [0, 0.05) is 17.1 Å². The van der Waals surface area contributed by atoms with Gasteiger partial charge in [-0.1, -0.05) is 12.1 Å². The molecule has 0 unspecified atom stereocenters. The SMILES string of the molecule is Oc1cccc2c(COc3ccc(F)cc3)c[nH]c12. The number of rotatable bonds is 3. The maximum atomic E-state index is 12.8. The maximum absolute atomic E-state index is 12.8. The molecule has 19 heavy (non-hydrogen) atoms. The molecular weight excluding hydrogens is 245 g/mol. The number of phenols is 1. The van der Waals surface area contributed by atoms with Crippen LogP contribution in [0.3, 0.4) is 0 Å². The van der Waals surface area contributed by atoms with Crippen molar-refractivity contribution in [3.63, 3.8) is 0 Å². The highest BCUT2D eigenvalue weighted by Gasteiger charge is 2.07. The van der Waals surface area contributed by atoms with E-state index in [9.17, 15) is 9.50 Å². The van der Waals surface area contributed by atoms with Crippen LogP contribution in [-0.4, -0.2) is 10.1 Å². The van der Waals surface area contributed by atoms with Gasteiger partial charge >= 0.3 is 0 Å². The molecule has 1 heterocycles. The molecule has 0 saturated heterocycles. The number of halogens is 1. The summed E-state index contributed by atoms with van der Waals surface area (Å²) in [4.78, 5) is 3.01. The molecule has 0 fully saturated rings. The summed E-state index contributed by atoms with van der Waals surface area (Å²) < 4.78 is 18.3. The molecule has 2 N–H and O–H groups in total. The monoisotopic (exact) mass is 257 g/mol. The Balaban J connectivity index is 1.82. The summed E-state index contributed by atoms with van der Waals surface area (Å²) in [6, 6.07) is 11.2. The van der Waals surface area contributed by atoms with Crippen LogP contribution in [0.15, 0.2) is 48.7 Å². The second-order valence-electron chi connectivity index (χ2n) is 4.26. The first-order valence-corrected chi connectivity index (χ1v) is 5.90. The quantitative estimate of drug-likeness (QED) is 0.753. The van der Waals surface area contributed by atoms with Crippen molar-refractivity contribution in [2.24, 2.45) is 0 Å². The number of phenolic OH excluding ortho intramolecular Hbond substituents is 1. The first-order valence-electron chi connectivity index (χ1n) is 5.90. The lowest BCUT2D eigenvalue weighted by molar-refractivity contribution is 0.307. The number of fused-ring (bicyclic) bond motifs is 1. The lowest BCUT2D eigenvalue weighted by Crippen LogP contribution is -1.94. The fourth-order valence-corrected chi connectivity index (χ4v) is 2.01. The lowest BCUT2D eigenvalue weighted by atomic mass is 10.2. The van der Waals surface area contributed by atoms with Gasteiger partial charge in [0.25, 0.3) is 0 Å². The van der Waals surface area contributed by atoms with E-state index in [1.54, 1.807) is 30.5 Å². The van der Waals surface area contributed by atoms with Crippen molar-refractivity contribution >= 4 is 10.9 Å². The highest BCUT2D eigenvalue weighted by Crippen LogP contribution is 2.26. The molecule has 0 aliphatic heterocycles. The van der Waals surface area contributed by atoms with Crippen molar-refractivity contribution in [2.45, 2.75) is 6.61 Å². The molecule has 3 rings (SSSR count). The Hall–Kier alpha value is -2.49. The number of aromatic hydroxyl groups is 1. The highest BCUT2D eigenvalue weighted by molar-refractivity contribution is 5.87. The van der Waals surface area contributed by atoms with Crippen molar-refractivity contribution < 1.29 is 14.2 Å². The van der Waals surface area contributed by atoms with Gasteiger partial charge < -0.3 is 14.8 Å². The average molecular weight is 257 g/mol. The van der Waals surface area contributed by atoms with Crippen molar-refractivity contribution in [1.29, 1.82) is 0 Å². The second-order valence-corrected chi connectivity index (χ2v) is 4.26. The molecule has 3 nitrogen and oxygen atoms in total. The van der Waals surface area contributed by atoms with Gasteiger partial charge in [-0.25, -0.2) is 4.39 Å². The number of para-hydroxylation sites is 1. The number of aromatic amines is 1. The van der Waals surface area contributed by atoms with Gasteiger partial charge in [0.15, 0.2) is 0 Å². The highest BCUT2D eigenvalue weighted by atomic mass is 19.1. The smallest absolute Gasteiger partial charge is 0.139 e. The Labute approximate surface area is 109 Å². The van der Waals surface area contributed by atoms with Crippen molar-refractivity contribution in [3.05, 3.63) is 60.0 Å². The van der Waals surface area contributed by atoms with Crippen LogP contribution in [-0.2, 0) is 6.61 Å². The Morgan fingerprint density at radius 2 is 1.89 bits per heavy atom. The van der Waals surface area contributed by atoms with Crippen LogP contribution in [0.2, 0.25) is 0 Å². The summed E-state index contributed by atoms with van der Waals surface area (Å²) in [5.41, 5.74) is 1.63. The Kier molecular flexibility index (Phi) is 2.83. The van der Waals surface area contributed by atoms with Gasteiger partial charge in [0.05, 0.1) is 5.52 Å². The van der Waals surface area contributed by atoms with E-state index in [0.717, 1.165) is 10.9 Å². The summed E-state index contributed by atoms with van der Waals surface area (Å²) in [6.45, 7) is 0.356. The molecule has 96 valence electrons. The largest absolute Gasteiger partial charge is 0.506 e. The molecule has 0 aliphatic rings. The van der Waals surface area contributed by atoms with E-state index in [1.807, 2.05) is 6.07 Å². The first-order chi connectivity index (χ1) is 9.24. The van der Waals surface area contributed by atoms with E-state index in [2.05, 4.69) is 4.98 Å². The van der Waals surface area contributed by atoms with Gasteiger partial charge in [0.1, 0.15) is 23.9 Å². The minimum absolute atomic E-state index is 0.213. The number of hydrogen-bond donors (Lipinski definition) is 2. The number of hydrogen-bond acceptors (Lipinski definition) is 2. The first kappa shape index (κ1) is 11.6. The topological polar surface area (TPSA) is 45.2 Å².